The topological polar surface area (TPSA) is 29.9 Å². The highest BCUT2D eigenvalue weighted by atomic mass is 35.5. The lowest BCUT2D eigenvalue weighted by atomic mass is 10.0. The van der Waals surface area contributed by atoms with Gasteiger partial charge < -0.3 is 5.32 Å². The highest BCUT2D eigenvalue weighted by Gasteiger charge is 2.18. The van der Waals surface area contributed by atoms with Gasteiger partial charge in [0.1, 0.15) is 5.82 Å². The Labute approximate surface area is 123 Å². The minimum Gasteiger partial charge on any atom is -0.313 e. The molecule has 1 unspecified atom stereocenters. The summed E-state index contributed by atoms with van der Waals surface area (Å²) in [5.41, 5.74) is 3.95. The molecule has 108 valence electrons. The fourth-order valence-corrected chi connectivity index (χ4v) is 2.34. The van der Waals surface area contributed by atoms with Crippen LogP contribution in [0, 0.1) is 26.6 Å². The normalized spacial score (nSPS) is 12.8. The fourth-order valence-electron chi connectivity index (χ4n) is 2.23. The highest BCUT2D eigenvalue weighted by molar-refractivity contribution is 6.31. The van der Waals surface area contributed by atoms with Gasteiger partial charge in [-0.2, -0.15) is 5.10 Å². The quantitative estimate of drug-likeness (QED) is 0.931. The Balaban J connectivity index is 2.71. The molecule has 1 aromatic carbocycles. The van der Waals surface area contributed by atoms with Crippen LogP contribution in [-0.4, -0.2) is 16.8 Å². The molecule has 20 heavy (non-hydrogen) atoms. The number of hydrogen-bond donors (Lipinski definition) is 1. The first-order valence-electron chi connectivity index (χ1n) is 6.56. The molecule has 2 rings (SSSR count). The van der Waals surface area contributed by atoms with Crippen LogP contribution in [0.25, 0.3) is 5.69 Å². The number of hydrogen-bond acceptors (Lipinski definition) is 2. The van der Waals surface area contributed by atoms with Crippen LogP contribution in [0.4, 0.5) is 4.39 Å². The largest absolute Gasteiger partial charge is 0.313 e. The summed E-state index contributed by atoms with van der Waals surface area (Å²) in [5, 5.41) is 8.25. The molecule has 0 amide bonds. The maximum atomic E-state index is 13.9. The third-order valence-corrected chi connectivity index (χ3v) is 4.19. The molecular formula is C15H19ClFN3. The van der Waals surface area contributed by atoms with Gasteiger partial charge in [0.05, 0.1) is 22.1 Å². The number of aromatic nitrogens is 2. The monoisotopic (exact) mass is 295 g/mol. The first-order valence-corrected chi connectivity index (χ1v) is 6.94. The van der Waals surface area contributed by atoms with E-state index in [1.807, 2.05) is 33.9 Å². The van der Waals surface area contributed by atoms with E-state index in [4.69, 9.17) is 11.6 Å². The predicted octanol–water partition coefficient (Wildman–Crippen LogP) is 3.87. The van der Waals surface area contributed by atoms with E-state index in [9.17, 15) is 4.39 Å². The van der Waals surface area contributed by atoms with Gasteiger partial charge in [0.25, 0.3) is 0 Å². The van der Waals surface area contributed by atoms with Gasteiger partial charge in [0, 0.05) is 6.04 Å². The average molecular weight is 296 g/mol. The van der Waals surface area contributed by atoms with Crippen molar-refractivity contribution < 1.29 is 4.39 Å². The third-order valence-electron chi connectivity index (χ3n) is 3.64. The number of aryl methyl sites for hydroxylation is 2. The van der Waals surface area contributed by atoms with Crippen LogP contribution in [0.2, 0.25) is 5.02 Å². The molecule has 0 bridgehead atoms. The standard InChI is InChI=1S/C15H19ClFN3/c1-8-6-14(12(7-13(8)17)9(2)18-5)20-11(4)15(16)10(3)19-20/h6-7,9,18H,1-5H3. The second-order valence-electron chi connectivity index (χ2n) is 5.07. The maximum absolute atomic E-state index is 13.9. The molecule has 2 aromatic rings. The van der Waals surface area contributed by atoms with Crippen LogP contribution >= 0.6 is 11.6 Å². The molecule has 1 aromatic heterocycles. The second-order valence-corrected chi connectivity index (χ2v) is 5.45. The highest BCUT2D eigenvalue weighted by Crippen LogP contribution is 2.29. The van der Waals surface area contributed by atoms with Crippen molar-refractivity contribution in [3.05, 3.63) is 45.5 Å². The van der Waals surface area contributed by atoms with Crippen molar-refractivity contribution in [1.82, 2.24) is 15.1 Å². The van der Waals surface area contributed by atoms with Crippen molar-refractivity contribution in [1.29, 1.82) is 0 Å². The zero-order chi connectivity index (χ0) is 15.0. The van der Waals surface area contributed by atoms with Gasteiger partial charge in [-0.3, -0.25) is 0 Å². The zero-order valence-corrected chi connectivity index (χ0v) is 13.1. The lowest BCUT2D eigenvalue weighted by molar-refractivity contribution is 0.596. The summed E-state index contributed by atoms with van der Waals surface area (Å²) in [6.45, 7) is 7.51. The van der Waals surface area contributed by atoms with E-state index >= 15 is 0 Å². The molecule has 0 saturated heterocycles. The summed E-state index contributed by atoms with van der Waals surface area (Å²) in [7, 11) is 1.85. The van der Waals surface area contributed by atoms with Crippen molar-refractivity contribution in [3.63, 3.8) is 0 Å². The van der Waals surface area contributed by atoms with Gasteiger partial charge in [-0.25, -0.2) is 9.07 Å². The van der Waals surface area contributed by atoms with E-state index in [0.717, 1.165) is 22.6 Å². The number of rotatable bonds is 3. The first kappa shape index (κ1) is 15.0. The van der Waals surface area contributed by atoms with Crippen LogP contribution in [0.15, 0.2) is 12.1 Å². The van der Waals surface area contributed by atoms with Crippen LogP contribution in [0.1, 0.15) is 35.5 Å². The summed E-state index contributed by atoms with van der Waals surface area (Å²) >= 11 is 6.21. The lowest BCUT2D eigenvalue weighted by Gasteiger charge is -2.18. The Kier molecular flexibility index (Phi) is 4.16. The molecule has 0 aliphatic heterocycles. The zero-order valence-electron chi connectivity index (χ0n) is 12.4. The first-order chi connectivity index (χ1) is 9.36. The minimum absolute atomic E-state index is 0.0165. The molecule has 0 spiro atoms. The molecule has 0 aliphatic rings. The number of nitrogens with zero attached hydrogens (tertiary/aromatic N) is 2. The van der Waals surface area contributed by atoms with Crippen LogP contribution in [0.3, 0.4) is 0 Å². The van der Waals surface area contributed by atoms with Crippen molar-refractivity contribution in [3.8, 4) is 5.69 Å². The van der Waals surface area contributed by atoms with Crippen molar-refractivity contribution in [2.75, 3.05) is 7.05 Å². The molecule has 1 heterocycles. The SMILES string of the molecule is CNC(C)c1cc(F)c(C)cc1-n1nc(C)c(Cl)c1C. The number of halogens is 2. The fraction of sp³-hybridized carbons (Fsp3) is 0.400. The van der Waals surface area contributed by atoms with E-state index in [1.165, 1.54) is 0 Å². The van der Waals surface area contributed by atoms with Crippen LogP contribution in [-0.2, 0) is 0 Å². The van der Waals surface area contributed by atoms with E-state index in [2.05, 4.69) is 10.4 Å². The summed E-state index contributed by atoms with van der Waals surface area (Å²) in [5.74, 6) is -0.210. The van der Waals surface area contributed by atoms with E-state index in [1.54, 1.807) is 17.7 Å². The molecule has 0 saturated carbocycles. The Hall–Kier alpha value is -1.39. The van der Waals surface area contributed by atoms with Crippen molar-refractivity contribution in [2.24, 2.45) is 0 Å². The Morgan fingerprint density at radius 3 is 2.45 bits per heavy atom. The number of nitrogens with one attached hydrogen (secondary N) is 1. The Morgan fingerprint density at radius 2 is 1.95 bits per heavy atom. The van der Waals surface area contributed by atoms with Crippen LogP contribution < -0.4 is 5.32 Å². The summed E-state index contributed by atoms with van der Waals surface area (Å²) in [6.07, 6.45) is 0. The second kappa shape index (κ2) is 5.54. The van der Waals surface area contributed by atoms with Gasteiger partial charge in [-0.1, -0.05) is 11.6 Å². The molecule has 1 N–H and O–H groups in total. The predicted molar refractivity (Wildman–Crippen MR) is 80.2 cm³/mol. The van der Waals surface area contributed by atoms with Gasteiger partial charge in [0.2, 0.25) is 0 Å². The minimum atomic E-state index is -0.210. The van der Waals surface area contributed by atoms with Crippen molar-refractivity contribution in [2.45, 2.75) is 33.7 Å². The summed E-state index contributed by atoms with van der Waals surface area (Å²) in [4.78, 5) is 0. The number of benzene rings is 1. The van der Waals surface area contributed by atoms with Crippen LogP contribution in [0.5, 0.6) is 0 Å². The van der Waals surface area contributed by atoms with Gasteiger partial charge >= 0.3 is 0 Å². The molecular weight excluding hydrogens is 277 g/mol. The van der Waals surface area contributed by atoms with E-state index < -0.39 is 0 Å². The Bertz CT molecular complexity index is 649. The van der Waals surface area contributed by atoms with Gasteiger partial charge in [-0.15, -0.1) is 0 Å². The summed E-state index contributed by atoms with van der Waals surface area (Å²) in [6, 6.07) is 3.40. The maximum Gasteiger partial charge on any atom is 0.126 e. The molecule has 5 heteroatoms. The molecule has 0 radical (unpaired) electrons. The van der Waals surface area contributed by atoms with Crippen molar-refractivity contribution >= 4 is 11.6 Å². The molecule has 3 nitrogen and oxygen atoms in total. The molecule has 1 atom stereocenters. The molecule has 0 aliphatic carbocycles. The average Bonchev–Trinajstić information content (AvgIpc) is 2.68. The summed E-state index contributed by atoms with van der Waals surface area (Å²) < 4.78 is 15.7. The third kappa shape index (κ3) is 2.45. The molecule has 0 fully saturated rings. The van der Waals surface area contributed by atoms with Gasteiger partial charge in [-0.05, 0) is 58.0 Å². The van der Waals surface area contributed by atoms with Gasteiger partial charge in [0.15, 0.2) is 0 Å². The Morgan fingerprint density at radius 1 is 1.30 bits per heavy atom. The van der Waals surface area contributed by atoms with E-state index in [-0.39, 0.29) is 11.9 Å². The smallest absolute Gasteiger partial charge is 0.126 e. The van der Waals surface area contributed by atoms with E-state index in [0.29, 0.717) is 10.6 Å². The lowest BCUT2D eigenvalue weighted by Crippen LogP contribution is -2.16.